The molecule has 1 amide bonds. The Morgan fingerprint density at radius 1 is 1.64 bits per heavy atom. The fourth-order valence-electron chi connectivity index (χ4n) is 1.09. The van der Waals surface area contributed by atoms with Gasteiger partial charge in [0.1, 0.15) is 0 Å². The average Bonchev–Trinajstić information content (AvgIpc) is 2.20. The number of carbonyl (C=O) groups excluding carboxylic acids is 1. The molecule has 0 atom stereocenters. The van der Waals surface area contributed by atoms with Crippen LogP contribution >= 0.6 is 0 Å². The van der Waals surface area contributed by atoms with Crippen LogP contribution < -0.4 is 5.32 Å². The van der Waals surface area contributed by atoms with Gasteiger partial charge in [0.2, 0.25) is 5.91 Å². The van der Waals surface area contributed by atoms with E-state index in [1.165, 1.54) is 6.08 Å². The van der Waals surface area contributed by atoms with E-state index in [1.54, 1.807) is 12.3 Å². The van der Waals surface area contributed by atoms with Crippen LogP contribution in [0.4, 0.5) is 0 Å². The molecule has 74 valence electrons. The Labute approximate surface area is 83.9 Å². The summed E-state index contributed by atoms with van der Waals surface area (Å²) in [6.45, 7) is 2.47. The topological polar surface area (TPSA) is 42.0 Å². The van der Waals surface area contributed by atoms with Crippen molar-refractivity contribution in [1.82, 2.24) is 10.3 Å². The minimum atomic E-state index is -0.0450. The molecule has 0 unspecified atom stereocenters. The normalized spacial score (nSPS) is 10.4. The van der Waals surface area contributed by atoms with Gasteiger partial charge in [0, 0.05) is 18.9 Å². The fourth-order valence-corrected chi connectivity index (χ4v) is 1.09. The molecule has 1 heterocycles. The lowest BCUT2D eigenvalue weighted by Gasteiger charge is -2.01. The number of nitrogens with one attached hydrogen (secondary N) is 1. The summed E-state index contributed by atoms with van der Waals surface area (Å²) >= 11 is 0. The highest BCUT2D eigenvalue weighted by Gasteiger charge is 1.94. The number of hydrogen-bond donors (Lipinski definition) is 1. The van der Waals surface area contributed by atoms with Gasteiger partial charge in [-0.1, -0.05) is 12.1 Å². The first-order valence-electron chi connectivity index (χ1n) is 4.62. The van der Waals surface area contributed by atoms with Crippen molar-refractivity contribution in [3.05, 3.63) is 42.2 Å². The first-order chi connectivity index (χ1) is 6.83. The Bertz CT molecular complexity index is 306. The molecule has 0 aromatic carbocycles. The number of allylic oxidation sites excluding steroid dienone is 1. The minimum Gasteiger partial charge on any atom is -0.352 e. The van der Waals surface area contributed by atoms with Gasteiger partial charge in [-0.25, -0.2) is 0 Å². The molecule has 0 radical (unpaired) electrons. The van der Waals surface area contributed by atoms with Crippen molar-refractivity contribution < 1.29 is 4.79 Å². The third-order valence-corrected chi connectivity index (χ3v) is 1.75. The molecule has 1 aromatic rings. The Balaban J connectivity index is 2.25. The highest BCUT2D eigenvalue weighted by molar-refractivity contribution is 5.87. The summed E-state index contributed by atoms with van der Waals surface area (Å²) in [5.74, 6) is -0.0450. The van der Waals surface area contributed by atoms with Crippen LogP contribution in [-0.2, 0) is 11.2 Å². The summed E-state index contributed by atoms with van der Waals surface area (Å²) in [5, 5.41) is 2.78. The smallest absolute Gasteiger partial charge is 0.243 e. The first kappa shape index (κ1) is 10.4. The number of pyridine rings is 1. The van der Waals surface area contributed by atoms with Crippen LogP contribution in [0.25, 0.3) is 0 Å². The Kier molecular flexibility index (Phi) is 4.41. The molecule has 0 bridgehead atoms. The monoisotopic (exact) mass is 190 g/mol. The lowest BCUT2D eigenvalue weighted by molar-refractivity contribution is -0.116. The molecule has 0 saturated carbocycles. The maximum atomic E-state index is 11.0. The van der Waals surface area contributed by atoms with Crippen LogP contribution in [0.5, 0.6) is 0 Å². The molecular formula is C11H14N2O. The van der Waals surface area contributed by atoms with Gasteiger partial charge in [0.05, 0.1) is 0 Å². The predicted molar refractivity (Wildman–Crippen MR) is 55.8 cm³/mol. The number of nitrogens with zero attached hydrogens (tertiary/aromatic N) is 1. The number of rotatable bonds is 4. The van der Waals surface area contributed by atoms with Crippen LogP contribution in [0.15, 0.2) is 36.7 Å². The standard InChI is InChI=1S/C11H14N2O/c1-2-4-11(14)13-8-6-10-5-3-7-12-9-10/h2-5,7,9H,6,8H2,1H3,(H,13,14). The Hall–Kier alpha value is -1.64. The maximum Gasteiger partial charge on any atom is 0.243 e. The van der Waals surface area contributed by atoms with Crippen LogP contribution in [-0.4, -0.2) is 17.4 Å². The summed E-state index contributed by atoms with van der Waals surface area (Å²) in [6.07, 6.45) is 7.60. The molecule has 1 aromatic heterocycles. The average molecular weight is 190 g/mol. The molecule has 0 saturated heterocycles. The van der Waals surface area contributed by atoms with E-state index in [2.05, 4.69) is 10.3 Å². The lowest BCUT2D eigenvalue weighted by Crippen LogP contribution is -2.23. The molecule has 0 fully saturated rings. The van der Waals surface area contributed by atoms with Gasteiger partial charge >= 0.3 is 0 Å². The van der Waals surface area contributed by atoms with E-state index >= 15 is 0 Å². The second-order valence-corrected chi connectivity index (χ2v) is 2.90. The van der Waals surface area contributed by atoms with Gasteiger partial charge in [-0.15, -0.1) is 0 Å². The van der Waals surface area contributed by atoms with Crippen LogP contribution in [0.3, 0.4) is 0 Å². The zero-order chi connectivity index (χ0) is 10.2. The third-order valence-electron chi connectivity index (χ3n) is 1.75. The molecule has 0 aliphatic heterocycles. The molecule has 1 N–H and O–H groups in total. The van der Waals surface area contributed by atoms with Gasteiger partial charge in [-0.05, 0) is 31.1 Å². The lowest BCUT2D eigenvalue weighted by atomic mass is 10.2. The number of hydrogen-bond acceptors (Lipinski definition) is 2. The van der Waals surface area contributed by atoms with Crippen molar-refractivity contribution >= 4 is 5.91 Å². The van der Waals surface area contributed by atoms with Crippen LogP contribution in [0.1, 0.15) is 12.5 Å². The third kappa shape index (κ3) is 3.85. The second-order valence-electron chi connectivity index (χ2n) is 2.90. The molecule has 3 nitrogen and oxygen atoms in total. The SMILES string of the molecule is CC=CC(=O)NCCc1cccnc1. The predicted octanol–water partition coefficient (Wildman–Crippen LogP) is 1.32. The molecule has 14 heavy (non-hydrogen) atoms. The zero-order valence-corrected chi connectivity index (χ0v) is 8.23. The van der Waals surface area contributed by atoms with Crippen LogP contribution in [0.2, 0.25) is 0 Å². The summed E-state index contributed by atoms with van der Waals surface area (Å²) in [5.41, 5.74) is 1.13. The maximum absolute atomic E-state index is 11.0. The van der Waals surface area contributed by atoms with E-state index in [9.17, 15) is 4.79 Å². The van der Waals surface area contributed by atoms with Gasteiger partial charge < -0.3 is 5.32 Å². The van der Waals surface area contributed by atoms with E-state index in [0.29, 0.717) is 6.54 Å². The van der Waals surface area contributed by atoms with Gasteiger partial charge in [0.25, 0.3) is 0 Å². The second kappa shape index (κ2) is 5.91. The highest BCUT2D eigenvalue weighted by Crippen LogP contribution is 1.95. The van der Waals surface area contributed by atoms with E-state index in [-0.39, 0.29) is 5.91 Å². The van der Waals surface area contributed by atoms with Crippen molar-refractivity contribution in [1.29, 1.82) is 0 Å². The molecule has 0 spiro atoms. The number of aromatic nitrogens is 1. The van der Waals surface area contributed by atoms with E-state index in [4.69, 9.17) is 0 Å². The van der Waals surface area contributed by atoms with Crippen molar-refractivity contribution in [2.75, 3.05) is 6.54 Å². The summed E-state index contributed by atoms with van der Waals surface area (Å²) in [4.78, 5) is 15.0. The fraction of sp³-hybridized carbons (Fsp3) is 0.273. The Morgan fingerprint density at radius 2 is 2.50 bits per heavy atom. The largest absolute Gasteiger partial charge is 0.352 e. The quantitative estimate of drug-likeness (QED) is 0.727. The number of amides is 1. The van der Waals surface area contributed by atoms with Gasteiger partial charge in [0.15, 0.2) is 0 Å². The van der Waals surface area contributed by atoms with Crippen molar-refractivity contribution in [2.45, 2.75) is 13.3 Å². The summed E-state index contributed by atoms with van der Waals surface area (Å²) in [7, 11) is 0. The summed E-state index contributed by atoms with van der Waals surface area (Å²) < 4.78 is 0. The molecule has 1 rings (SSSR count). The molecule has 0 aliphatic rings. The van der Waals surface area contributed by atoms with Crippen LogP contribution in [0, 0.1) is 0 Å². The van der Waals surface area contributed by atoms with Crippen molar-refractivity contribution in [3.8, 4) is 0 Å². The van der Waals surface area contributed by atoms with E-state index < -0.39 is 0 Å². The van der Waals surface area contributed by atoms with E-state index in [1.807, 2.05) is 25.3 Å². The highest BCUT2D eigenvalue weighted by atomic mass is 16.1. The first-order valence-corrected chi connectivity index (χ1v) is 4.62. The molecule has 0 aliphatic carbocycles. The summed E-state index contributed by atoms with van der Waals surface area (Å²) in [6, 6.07) is 3.89. The Morgan fingerprint density at radius 3 is 3.14 bits per heavy atom. The minimum absolute atomic E-state index is 0.0450. The molecule has 3 heteroatoms. The van der Waals surface area contributed by atoms with Crippen molar-refractivity contribution in [3.63, 3.8) is 0 Å². The van der Waals surface area contributed by atoms with Gasteiger partial charge in [-0.2, -0.15) is 0 Å². The molecular weight excluding hydrogens is 176 g/mol. The van der Waals surface area contributed by atoms with Crippen molar-refractivity contribution in [2.24, 2.45) is 0 Å². The van der Waals surface area contributed by atoms with Gasteiger partial charge in [-0.3, -0.25) is 9.78 Å². The number of carbonyl (C=O) groups is 1. The van der Waals surface area contributed by atoms with E-state index in [0.717, 1.165) is 12.0 Å². The zero-order valence-electron chi connectivity index (χ0n) is 8.23.